The molecule has 0 saturated heterocycles. The number of nitrogens with zero attached hydrogens (tertiary/aromatic N) is 1. The van der Waals surface area contributed by atoms with Crippen LogP contribution in [0.25, 0.3) is 0 Å². The fraction of sp³-hybridized carbons (Fsp3) is 0.647. The lowest BCUT2D eigenvalue weighted by Gasteiger charge is -2.40. The largest absolute Gasteiger partial charge is 0.497 e. The van der Waals surface area contributed by atoms with Crippen LogP contribution in [0.15, 0.2) is 18.2 Å². The molecule has 2 rings (SSSR count). The van der Waals surface area contributed by atoms with Crippen LogP contribution in [0.5, 0.6) is 5.75 Å². The van der Waals surface area contributed by atoms with Crippen molar-refractivity contribution in [1.82, 2.24) is 4.90 Å². The molecule has 1 aromatic carbocycles. The molecular weight excluding hydrogens is 250 g/mol. The molecule has 20 heavy (non-hydrogen) atoms. The van der Waals surface area contributed by atoms with Gasteiger partial charge in [-0.1, -0.05) is 26.8 Å². The summed E-state index contributed by atoms with van der Waals surface area (Å²) in [5.41, 5.74) is 2.44. The van der Waals surface area contributed by atoms with E-state index < -0.39 is 6.10 Å². The van der Waals surface area contributed by atoms with Gasteiger partial charge in [0.05, 0.1) is 13.2 Å². The van der Waals surface area contributed by atoms with Crippen molar-refractivity contribution >= 4 is 0 Å². The third-order valence-corrected chi connectivity index (χ3v) is 4.85. The van der Waals surface area contributed by atoms with Gasteiger partial charge in [-0.05, 0) is 49.1 Å². The van der Waals surface area contributed by atoms with E-state index in [4.69, 9.17) is 4.74 Å². The molecule has 0 spiro atoms. The summed E-state index contributed by atoms with van der Waals surface area (Å²) in [5, 5.41) is 10.6. The van der Waals surface area contributed by atoms with Gasteiger partial charge >= 0.3 is 0 Å². The van der Waals surface area contributed by atoms with Crippen LogP contribution < -0.4 is 4.74 Å². The van der Waals surface area contributed by atoms with E-state index in [-0.39, 0.29) is 11.5 Å². The van der Waals surface area contributed by atoms with Crippen molar-refractivity contribution in [2.24, 2.45) is 5.41 Å². The van der Waals surface area contributed by atoms with E-state index in [2.05, 4.69) is 45.7 Å². The van der Waals surface area contributed by atoms with E-state index in [1.807, 2.05) is 12.1 Å². The number of aliphatic hydroxyl groups excluding tert-OH is 1. The van der Waals surface area contributed by atoms with Crippen LogP contribution in [0.3, 0.4) is 0 Å². The lowest BCUT2D eigenvalue weighted by Crippen LogP contribution is -2.47. The molecule has 0 bridgehead atoms. The number of ether oxygens (including phenoxy) is 1. The minimum absolute atomic E-state index is 0.145. The maximum atomic E-state index is 10.6. The van der Waals surface area contributed by atoms with Gasteiger partial charge in [0.25, 0.3) is 0 Å². The number of aliphatic hydroxyl groups is 1. The van der Waals surface area contributed by atoms with Gasteiger partial charge in [-0.25, -0.2) is 0 Å². The Labute approximate surface area is 122 Å². The molecular formula is C17H27NO2. The summed E-state index contributed by atoms with van der Waals surface area (Å²) < 4.78 is 5.26. The number of rotatable bonds is 3. The van der Waals surface area contributed by atoms with E-state index in [0.717, 1.165) is 17.7 Å². The van der Waals surface area contributed by atoms with Gasteiger partial charge in [0.1, 0.15) is 5.75 Å². The van der Waals surface area contributed by atoms with Crippen LogP contribution in [0.4, 0.5) is 0 Å². The van der Waals surface area contributed by atoms with Gasteiger partial charge in [0, 0.05) is 12.1 Å². The molecule has 0 fully saturated rings. The zero-order valence-corrected chi connectivity index (χ0v) is 13.5. The van der Waals surface area contributed by atoms with Crippen molar-refractivity contribution in [3.63, 3.8) is 0 Å². The Morgan fingerprint density at radius 1 is 1.35 bits per heavy atom. The lowest BCUT2D eigenvalue weighted by atomic mass is 9.86. The molecule has 3 unspecified atom stereocenters. The molecule has 0 heterocycles. The van der Waals surface area contributed by atoms with E-state index >= 15 is 0 Å². The lowest BCUT2D eigenvalue weighted by molar-refractivity contribution is 0.0240. The van der Waals surface area contributed by atoms with Crippen molar-refractivity contribution in [3.05, 3.63) is 29.3 Å². The van der Waals surface area contributed by atoms with Crippen molar-refractivity contribution in [1.29, 1.82) is 0 Å². The molecule has 112 valence electrons. The van der Waals surface area contributed by atoms with Crippen molar-refractivity contribution in [3.8, 4) is 5.75 Å². The second-order valence-electron chi connectivity index (χ2n) is 6.99. The van der Waals surface area contributed by atoms with E-state index in [1.165, 1.54) is 5.56 Å². The van der Waals surface area contributed by atoms with Crippen LogP contribution >= 0.6 is 0 Å². The summed E-state index contributed by atoms with van der Waals surface area (Å²) in [4.78, 5) is 2.32. The minimum Gasteiger partial charge on any atom is -0.497 e. The Balaban J connectivity index is 2.22. The molecule has 1 aliphatic rings. The molecule has 0 aliphatic heterocycles. The zero-order chi connectivity index (χ0) is 15.1. The van der Waals surface area contributed by atoms with Gasteiger partial charge in [-0.2, -0.15) is 0 Å². The predicted octanol–water partition coefficient (Wildman–Crippen LogP) is 3.02. The molecule has 0 amide bonds. The first-order chi connectivity index (χ1) is 9.25. The number of likely N-dealkylation sites (N-methyl/N-ethyl adjacent to an activating group) is 1. The summed E-state index contributed by atoms with van der Waals surface area (Å²) in [6.07, 6.45) is 0.465. The number of fused-ring (bicyclic) bond motifs is 1. The fourth-order valence-electron chi connectivity index (χ4n) is 2.97. The SMILES string of the molecule is COc1ccc2c(c1)C(O)C(N(C)C(C)C(C)(C)C)C2. The normalized spacial score (nSPS) is 23.8. The first kappa shape index (κ1) is 15.3. The van der Waals surface area contributed by atoms with E-state index in [0.29, 0.717) is 6.04 Å². The van der Waals surface area contributed by atoms with Crippen molar-refractivity contribution < 1.29 is 9.84 Å². The summed E-state index contributed by atoms with van der Waals surface area (Å²) in [6, 6.07) is 6.56. The average molecular weight is 277 g/mol. The van der Waals surface area contributed by atoms with Crippen LogP contribution in [-0.2, 0) is 6.42 Å². The molecule has 3 nitrogen and oxygen atoms in total. The highest BCUT2D eigenvalue weighted by atomic mass is 16.5. The van der Waals surface area contributed by atoms with Gasteiger partial charge in [-0.3, -0.25) is 4.90 Å². The second kappa shape index (κ2) is 5.38. The summed E-state index contributed by atoms with van der Waals surface area (Å²) in [5.74, 6) is 0.815. The topological polar surface area (TPSA) is 32.7 Å². The van der Waals surface area contributed by atoms with Crippen LogP contribution in [0.1, 0.15) is 44.9 Å². The van der Waals surface area contributed by atoms with Gasteiger partial charge < -0.3 is 9.84 Å². The summed E-state index contributed by atoms with van der Waals surface area (Å²) >= 11 is 0. The highest BCUT2D eigenvalue weighted by molar-refractivity contribution is 5.41. The standard InChI is InChI=1S/C17H27NO2/c1-11(17(2,3)4)18(5)15-9-12-7-8-13(20-6)10-14(12)16(15)19/h7-8,10-11,15-16,19H,9H2,1-6H3. The Morgan fingerprint density at radius 2 is 2.00 bits per heavy atom. The zero-order valence-electron chi connectivity index (χ0n) is 13.5. The van der Waals surface area contributed by atoms with Crippen molar-refractivity contribution in [2.45, 2.75) is 52.3 Å². The number of methoxy groups -OCH3 is 1. The number of hydrogen-bond donors (Lipinski definition) is 1. The predicted molar refractivity (Wildman–Crippen MR) is 82.1 cm³/mol. The quantitative estimate of drug-likeness (QED) is 0.922. The highest BCUT2D eigenvalue weighted by Crippen LogP contribution is 2.38. The Bertz CT molecular complexity index is 478. The fourth-order valence-corrected chi connectivity index (χ4v) is 2.97. The Kier molecular flexibility index (Phi) is 4.12. The second-order valence-corrected chi connectivity index (χ2v) is 6.99. The van der Waals surface area contributed by atoms with E-state index in [1.54, 1.807) is 7.11 Å². The summed E-state index contributed by atoms with van der Waals surface area (Å²) in [6.45, 7) is 8.96. The Morgan fingerprint density at radius 3 is 2.55 bits per heavy atom. The molecule has 1 aromatic rings. The number of hydrogen-bond acceptors (Lipinski definition) is 3. The third kappa shape index (κ3) is 2.70. The van der Waals surface area contributed by atoms with Crippen LogP contribution in [0, 0.1) is 5.41 Å². The van der Waals surface area contributed by atoms with Crippen molar-refractivity contribution in [2.75, 3.05) is 14.2 Å². The van der Waals surface area contributed by atoms with Gasteiger partial charge in [-0.15, -0.1) is 0 Å². The summed E-state index contributed by atoms with van der Waals surface area (Å²) in [7, 11) is 3.78. The van der Waals surface area contributed by atoms with Crippen LogP contribution in [0.2, 0.25) is 0 Å². The first-order valence-electron chi connectivity index (χ1n) is 7.32. The molecule has 1 N–H and O–H groups in total. The molecule has 0 aromatic heterocycles. The highest BCUT2D eigenvalue weighted by Gasteiger charge is 2.38. The van der Waals surface area contributed by atoms with E-state index in [9.17, 15) is 5.11 Å². The molecule has 3 atom stereocenters. The maximum absolute atomic E-state index is 10.6. The molecule has 0 radical (unpaired) electrons. The molecule has 1 aliphatic carbocycles. The number of benzene rings is 1. The van der Waals surface area contributed by atoms with Gasteiger partial charge in [0.2, 0.25) is 0 Å². The smallest absolute Gasteiger partial charge is 0.119 e. The molecule has 3 heteroatoms. The Hall–Kier alpha value is -1.06. The monoisotopic (exact) mass is 277 g/mol. The maximum Gasteiger partial charge on any atom is 0.119 e. The first-order valence-corrected chi connectivity index (χ1v) is 7.32. The van der Waals surface area contributed by atoms with Gasteiger partial charge in [0.15, 0.2) is 0 Å². The average Bonchev–Trinajstić information content (AvgIpc) is 2.73. The minimum atomic E-state index is -0.435. The van der Waals surface area contributed by atoms with Crippen LogP contribution in [-0.4, -0.2) is 36.2 Å². The third-order valence-electron chi connectivity index (χ3n) is 4.85. The molecule has 0 saturated carbocycles.